The molecule has 0 aliphatic heterocycles. The average molecular weight is 451 g/mol. The fourth-order valence-corrected chi connectivity index (χ4v) is 3.69. The lowest BCUT2D eigenvalue weighted by Gasteiger charge is -2.12. The minimum absolute atomic E-state index is 0.00145. The molecular weight excluding hydrogens is 428 g/mol. The summed E-state index contributed by atoms with van der Waals surface area (Å²) in [6.07, 6.45) is 1.42. The first kappa shape index (κ1) is 22.5. The predicted octanol–water partition coefficient (Wildman–Crippen LogP) is 5.52. The van der Waals surface area contributed by atoms with Gasteiger partial charge in [-0.15, -0.1) is 0 Å². The van der Waals surface area contributed by atoms with Gasteiger partial charge in [-0.2, -0.15) is 0 Å². The van der Waals surface area contributed by atoms with Crippen molar-refractivity contribution < 1.29 is 27.5 Å². The first-order valence-corrected chi connectivity index (χ1v) is 10.6. The van der Waals surface area contributed by atoms with Crippen LogP contribution in [0.5, 0.6) is 5.75 Å². The maximum Gasteiger partial charge on any atom is 0.310 e. The predicted molar refractivity (Wildman–Crippen MR) is 121 cm³/mol. The van der Waals surface area contributed by atoms with Gasteiger partial charge in [0.1, 0.15) is 18.0 Å². The number of furan rings is 1. The monoisotopic (exact) mass is 451 g/mol. The highest BCUT2D eigenvalue weighted by atomic mass is 19.1. The molecule has 1 heterocycles. The van der Waals surface area contributed by atoms with E-state index >= 15 is 0 Å². The number of fused-ring (bicyclic) bond motifs is 1. The molecule has 170 valence electrons. The first-order chi connectivity index (χ1) is 16.0. The Morgan fingerprint density at radius 2 is 1.82 bits per heavy atom. The van der Waals surface area contributed by atoms with E-state index in [1.54, 1.807) is 49.4 Å². The van der Waals surface area contributed by atoms with Crippen LogP contribution in [0.25, 0.3) is 22.1 Å². The van der Waals surface area contributed by atoms with Crippen molar-refractivity contribution in [2.75, 3.05) is 6.61 Å². The molecule has 33 heavy (non-hydrogen) atoms. The van der Waals surface area contributed by atoms with E-state index in [9.17, 15) is 13.6 Å². The molecule has 4 aromatic rings. The van der Waals surface area contributed by atoms with Crippen molar-refractivity contribution in [3.05, 3.63) is 89.2 Å². The zero-order chi connectivity index (χ0) is 23.4. The molecule has 3 aromatic carbocycles. The summed E-state index contributed by atoms with van der Waals surface area (Å²) in [4.78, 5) is 11.9. The van der Waals surface area contributed by atoms with Crippen LogP contribution in [0.3, 0.4) is 0 Å². The number of hydrogen-bond acceptors (Lipinski definition) is 5. The third-order valence-electron chi connectivity index (χ3n) is 5.32. The topological polar surface area (TPSA) is 74.7 Å². The Bertz CT molecular complexity index is 1300. The second kappa shape index (κ2) is 9.83. The third kappa shape index (κ3) is 4.73. The molecule has 0 aliphatic rings. The highest BCUT2D eigenvalue weighted by Gasteiger charge is 2.16. The van der Waals surface area contributed by atoms with Crippen LogP contribution in [0.2, 0.25) is 0 Å². The summed E-state index contributed by atoms with van der Waals surface area (Å²) in [6, 6.07) is 14.8. The van der Waals surface area contributed by atoms with Crippen molar-refractivity contribution >= 4 is 16.9 Å². The number of esters is 1. The molecule has 7 heteroatoms. The van der Waals surface area contributed by atoms with E-state index in [-0.39, 0.29) is 37.7 Å². The number of hydrogen-bond donors (Lipinski definition) is 1. The summed E-state index contributed by atoms with van der Waals surface area (Å²) in [5.41, 5.74) is 8.79. The summed E-state index contributed by atoms with van der Waals surface area (Å²) in [5.74, 6) is -1.42. The van der Waals surface area contributed by atoms with E-state index in [1.807, 2.05) is 0 Å². The number of para-hydroxylation sites is 1. The molecule has 0 radical (unpaired) electrons. The Kier molecular flexibility index (Phi) is 6.70. The molecule has 2 N–H and O–H groups in total. The van der Waals surface area contributed by atoms with Crippen LogP contribution in [-0.2, 0) is 29.1 Å². The maximum atomic E-state index is 14.8. The van der Waals surface area contributed by atoms with Gasteiger partial charge in [0, 0.05) is 34.2 Å². The van der Waals surface area contributed by atoms with Gasteiger partial charge in [-0.3, -0.25) is 4.79 Å². The molecule has 0 amide bonds. The second-order valence-electron chi connectivity index (χ2n) is 7.45. The van der Waals surface area contributed by atoms with Crippen molar-refractivity contribution in [3.63, 3.8) is 0 Å². The number of benzene rings is 3. The van der Waals surface area contributed by atoms with Gasteiger partial charge < -0.3 is 19.6 Å². The maximum absolute atomic E-state index is 14.8. The van der Waals surface area contributed by atoms with Crippen LogP contribution in [0.1, 0.15) is 23.6 Å². The zero-order valence-electron chi connectivity index (χ0n) is 18.1. The standard InChI is InChI=1S/C26H23F2NO4/c1-2-31-24(30)12-17-5-4-8-22(27)26(17)33-15-19-14-32-23-10-9-16(11-21(19)23)20-7-3-6-18(13-29)25(20)28/h3-11,14H,2,12-13,15,29H2,1H3. The van der Waals surface area contributed by atoms with Gasteiger partial charge in [0.05, 0.1) is 19.3 Å². The van der Waals surface area contributed by atoms with Crippen molar-refractivity contribution in [1.82, 2.24) is 0 Å². The van der Waals surface area contributed by atoms with E-state index in [4.69, 9.17) is 19.6 Å². The number of rotatable bonds is 8. The smallest absolute Gasteiger partial charge is 0.310 e. The van der Waals surface area contributed by atoms with Gasteiger partial charge in [-0.05, 0) is 30.7 Å². The molecule has 0 saturated heterocycles. The molecule has 5 nitrogen and oxygen atoms in total. The minimum Gasteiger partial charge on any atom is -0.485 e. The molecule has 0 unspecified atom stereocenters. The molecule has 0 atom stereocenters. The molecule has 0 bridgehead atoms. The summed E-state index contributed by atoms with van der Waals surface area (Å²) >= 11 is 0. The lowest BCUT2D eigenvalue weighted by molar-refractivity contribution is -0.142. The Morgan fingerprint density at radius 1 is 1.03 bits per heavy atom. The normalized spacial score (nSPS) is 11.0. The SMILES string of the molecule is CCOC(=O)Cc1cccc(F)c1OCc1coc2ccc(-c3cccc(CN)c3F)cc12. The molecule has 0 aliphatic carbocycles. The average Bonchev–Trinajstić information content (AvgIpc) is 3.21. The lowest BCUT2D eigenvalue weighted by atomic mass is 10.00. The highest BCUT2D eigenvalue weighted by molar-refractivity contribution is 5.86. The van der Waals surface area contributed by atoms with Crippen molar-refractivity contribution in [2.45, 2.75) is 26.5 Å². The summed E-state index contributed by atoms with van der Waals surface area (Å²) in [7, 11) is 0. The van der Waals surface area contributed by atoms with Crippen LogP contribution in [0.15, 0.2) is 65.3 Å². The van der Waals surface area contributed by atoms with E-state index in [2.05, 4.69) is 0 Å². The van der Waals surface area contributed by atoms with Crippen LogP contribution < -0.4 is 10.5 Å². The van der Waals surface area contributed by atoms with E-state index in [1.165, 1.54) is 18.4 Å². The van der Waals surface area contributed by atoms with Gasteiger partial charge in [0.2, 0.25) is 0 Å². The Balaban J connectivity index is 1.62. The third-order valence-corrected chi connectivity index (χ3v) is 5.32. The largest absolute Gasteiger partial charge is 0.485 e. The quantitative estimate of drug-likeness (QED) is 0.357. The summed E-state index contributed by atoms with van der Waals surface area (Å²) in [5, 5.41) is 0.716. The van der Waals surface area contributed by atoms with Crippen LogP contribution in [-0.4, -0.2) is 12.6 Å². The highest BCUT2D eigenvalue weighted by Crippen LogP contribution is 2.32. The van der Waals surface area contributed by atoms with Crippen LogP contribution in [0.4, 0.5) is 8.78 Å². The zero-order valence-corrected chi connectivity index (χ0v) is 18.1. The number of nitrogens with two attached hydrogens (primary N) is 1. The first-order valence-electron chi connectivity index (χ1n) is 10.6. The van der Waals surface area contributed by atoms with Gasteiger partial charge in [0.25, 0.3) is 0 Å². The Labute approximate surface area is 189 Å². The van der Waals surface area contributed by atoms with Gasteiger partial charge in [-0.1, -0.05) is 36.4 Å². The van der Waals surface area contributed by atoms with E-state index in [0.29, 0.717) is 38.8 Å². The number of ether oxygens (including phenoxy) is 2. The minimum atomic E-state index is -0.578. The Hall–Kier alpha value is -3.71. The molecule has 0 spiro atoms. The van der Waals surface area contributed by atoms with E-state index in [0.717, 1.165) is 0 Å². The van der Waals surface area contributed by atoms with Crippen molar-refractivity contribution in [2.24, 2.45) is 5.73 Å². The molecule has 0 saturated carbocycles. The summed E-state index contributed by atoms with van der Waals surface area (Å²) < 4.78 is 45.6. The fraction of sp³-hybridized carbons (Fsp3) is 0.192. The van der Waals surface area contributed by atoms with Gasteiger partial charge >= 0.3 is 5.97 Å². The second-order valence-corrected chi connectivity index (χ2v) is 7.45. The molecule has 0 fully saturated rings. The molecule has 4 rings (SSSR count). The van der Waals surface area contributed by atoms with Crippen molar-refractivity contribution in [3.8, 4) is 16.9 Å². The molecular formula is C26H23F2NO4. The number of halogens is 2. The van der Waals surface area contributed by atoms with Crippen LogP contribution in [0, 0.1) is 11.6 Å². The van der Waals surface area contributed by atoms with Gasteiger partial charge in [-0.25, -0.2) is 8.78 Å². The number of carbonyl (C=O) groups excluding carboxylic acids is 1. The fourth-order valence-electron chi connectivity index (χ4n) is 3.69. The van der Waals surface area contributed by atoms with Crippen molar-refractivity contribution in [1.29, 1.82) is 0 Å². The molecule has 1 aromatic heterocycles. The number of carbonyl (C=O) groups is 1. The van der Waals surface area contributed by atoms with E-state index < -0.39 is 11.8 Å². The Morgan fingerprint density at radius 3 is 2.61 bits per heavy atom. The lowest BCUT2D eigenvalue weighted by Crippen LogP contribution is -2.10. The van der Waals surface area contributed by atoms with Crippen LogP contribution >= 0.6 is 0 Å². The summed E-state index contributed by atoms with van der Waals surface area (Å²) in [6.45, 7) is 2.04. The van der Waals surface area contributed by atoms with Gasteiger partial charge in [0.15, 0.2) is 11.6 Å².